The van der Waals surface area contributed by atoms with E-state index in [9.17, 15) is 18.3 Å². The lowest BCUT2D eigenvalue weighted by Gasteiger charge is -2.27. The third-order valence-electron chi connectivity index (χ3n) is 5.58. The molecule has 0 aliphatic rings. The second-order valence-electron chi connectivity index (χ2n) is 8.28. The van der Waals surface area contributed by atoms with E-state index in [0.29, 0.717) is 18.8 Å². The van der Waals surface area contributed by atoms with Gasteiger partial charge >= 0.3 is 5.97 Å². The number of carboxylic acid groups (broad SMARTS) is 1. The van der Waals surface area contributed by atoms with Crippen molar-refractivity contribution in [1.82, 2.24) is 0 Å². The largest absolute Gasteiger partial charge is 0.478 e. The molecule has 2 N–H and O–H groups in total. The zero-order chi connectivity index (χ0) is 24.8. The lowest BCUT2D eigenvalue weighted by Crippen LogP contribution is -2.24. The number of aryl methyl sites for hydroxylation is 1. The molecule has 7 heteroatoms. The van der Waals surface area contributed by atoms with Gasteiger partial charge in [0.15, 0.2) is 0 Å². The minimum Gasteiger partial charge on any atom is -0.478 e. The van der Waals surface area contributed by atoms with E-state index >= 15 is 0 Å². The molecule has 4 rings (SSSR count). The van der Waals surface area contributed by atoms with Crippen molar-refractivity contribution in [3.8, 4) is 0 Å². The summed E-state index contributed by atoms with van der Waals surface area (Å²) in [6.45, 7) is 2.85. The Labute approximate surface area is 205 Å². The Kier molecular flexibility index (Phi) is 7.17. The average molecular weight is 487 g/mol. The number of anilines is 2. The summed E-state index contributed by atoms with van der Waals surface area (Å²) in [5.41, 5.74) is 3.71. The fourth-order valence-electron chi connectivity index (χ4n) is 3.81. The van der Waals surface area contributed by atoms with Crippen LogP contribution in [0.1, 0.15) is 27.0 Å². The monoisotopic (exact) mass is 486 g/mol. The van der Waals surface area contributed by atoms with Gasteiger partial charge in [0.1, 0.15) is 0 Å². The van der Waals surface area contributed by atoms with Gasteiger partial charge in [0.2, 0.25) is 0 Å². The zero-order valence-electron chi connectivity index (χ0n) is 19.3. The van der Waals surface area contributed by atoms with Crippen molar-refractivity contribution in [1.29, 1.82) is 0 Å². The highest BCUT2D eigenvalue weighted by atomic mass is 32.2. The minimum atomic E-state index is -3.86. The van der Waals surface area contributed by atoms with E-state index in [1.54, 1.807) is 24.3 Å². The van der Waals surface area contributed by atoms with Crippen LogP contribution in [0.15, 0.2) is 108 Å². The topological polar surface area (TPSA) is 86.7 Å². The van der Waals surface area contributed by atoms with Crippen LogP contribution in [0, 0.1) is 6.92 Å². The third-order valence-corrected chi connectivity index (χ3v) is 6.98. The third kappa shape index (κ3) is 6.07. The second kappa shape index (κ2) is 10.4. The SMILES string of the molecule is Cc1ccc(S(=O)(=O)Nc2ccc(N(Cc3ccccc3)Cc3ccccc3)c(C(=O)O)c2)cc1. The predicted molar refractivity (Wildman–Crippen MR) is 138 cm³/mol. The maximum atomic E-state index is 12.8. The summed E-state index contributed by atoms with van der Waals surface area (Å²) < 4.78 is 28.2. The molecule has 0 bridgehead atoms. The number of hydrogen-bond donors (Lipinski definition) is 2. The molecule has 0 atom stereocenters. The molecule has 4 aromatic carbocycles. The van der Waals surface area contributed by atoms with Crippen LogP contribution in [0.2, 0.25) is 0 Å². The molecule has 0 spiro atoms. The standard InChI is InChI=1S/C28H26N2O4S/c1-21-12-15-25(16-13-21)35(33,34)29-24-14-17-27(26(18-24)28(31)32)30(19-22-8-4-2-5-9-22)20-23-10-6-3-7-11-23/h2-18,29H,19-20H2,1H3,(H,31,32). The normalized spacial score (nSPS) is 11.1. The molecule has 0 radical (unpaired) electrons. The van der Waals surface area contributed by atoms with Crippen molar-refractivity contribution in [2.24, 2.45) is 0 Å². The number of sulfonamides is 1. The second-order valence-corrected chi connectivity index (χ2v) is 9.97. The van der Waals surface area contributed by atoms with Crippen molar-refractivity contribution < 1.29 is 18.3 Å². The van der Waals surface area contributed by atoms with Crippen LogP contribution < -0.4 is 9.62 Å². The van der Waals surface area contributed by atoms with Crippen molar-refractivity contribution in [3.05, 3.63) is 125 Å². The van der Waals surface area contributed by atoms with Crippen molar-refractivity contribution >= 4 is 27.4 Å². The maximum absolute atomic E-state index is 12.8. The van der Waals surface area contributed by atoms with E-state index < -0.39 is 16.0 Å². The van der Waals surface area contributed by atoms with Crippen LogP contribution in [0.5, 0.6) is 0 Å². The van der Waals surface area contributed by atoms with Gasteiger partial charge in [0, 0.05) is 18.8 Å². The van der Waals surface area contributed by atoms with Gasteiger partial charge in [-0.25, -0.2) is 13.2 Å². The number of aromatic carboxylic acids is 1. The fraction of sp³-hybridized carbons (Fsp3) is 0.107. The average Bonchev–Trinajstić information content (AvgIpc) is 2.85. The Morgan fingerprint density at radius 2 is 1.34 bits per heavy atom. The first-order valence-corrected chi connectivity index (χ1v) is 12.6. The van der Waals surface area contributed by atoms with E-state index in [2.05, 4.69) is 4.72 Å². The van der Waals surface area contributed by atoms with Crippen molar-refractivity contribution in [2.75, 3.05) is 9.62 Å². The first-order valence-electron chi connectivity index (χ1n) is 11.1. The van der Waals surface area contributed by atoms with Crippen LogP contribution in [-0.4, -0.2) is 19.5 Å². The smallest absolute Gasteiger partial charge is 0.337 e. The molecule has 35 heavy (non-hydrogen) atoms. The molecule has 0 amide bonds. The number of nitrogens with one attached hydrogen (secondary N) is 1. The molecule has 4 aromatic rings. The Balaban J connectivity index is 1.69. The Morgan fingerprint density at radius 1 is 0.800 bits per heavy atom. The van der Waals surface area contributed by atoms with Crippen molar-refractivity contribution in [2.45, 2.75) is 24.9 Å². The molecule has 0 aliphatic carbocycles. The minimum absolute atomic E-state index is 0.0148. The Hall–Kier alpha value is -4.10. The van der Waals surface area contributed by atoms with Gasteiger partial charge in [-0.15, -0.1) is 0 Å². The number of rotatable bonds is 9. The number of carboxylic acids is 1. The van der Waals surface area contributed by atoms with E-state index in [1.807, 2.05) is 72.5 Å². The highest BCUT2D eigenvalue weighted by Crippen LogP contribution is 2.29. The molecular weight excluding hydrogens is 460 g/mol. The van der Waals surface area contributed by atoms with Crippen molar-refractivity contribution in [3.63, 3.8) is 0 Å². The summed E-state index contributed by atoms with van der Waals surface area (Å²) in [5, 5.41) is 10.0. The summed E-state index contributed by atoms with van der Waals surface area (Å²) in [6, 6.07) is 30.7. The zero-order valence-corrected chi connectivity index (χ0v) is 20.1. The summed E-state index contributed by atoms with van der Waals surface area (Å²) in [7, 11) is -3.86. The quantitative estimate of drug-likeness (QED) is 0.317. The van der Waals surface area contributed by atoms with E-state index in [4.69, 9.17) is 0 Å². The molecular formula is C28H26N2O4S. The van der Waals surface area contributed by atoms with Gasteiger partial charge in [-0.1, -0.05) is 78.4 Å². The number of benzene rings is 4. The van der Waals surface area contributed by atoms with E-state index in [1.165, 1.54) is 18.2 Å². The van der Waals surface area contributed by atoms with Gasteiger partial charge in [-0.3, -0.25) is 4.72 Å². The lowest BCUT2D eigenvalue weighted by molar-refractivity contribution is 0.0697. The van der Waals surface area contributed by atoms with Gasteiger partial charge in [-0.05, 0) is 48.4 Å². The van der Waals surface area contributed by atoms with Gasteiger partial charge in [0.25, 0.3) is 10.0 Å². The van der Waals surface area contributed by atoms with Crippen LogP contribution in [0.4, 0.5) is 11.4 Å². The molecule has 0 heterocycles. The molecule has 178 valence electrons. The summed E-state index contributed by atoms with van der Waals surface area (Å²) in [6.07, 6.45) is 0. The summed E-state index contributed by atoms with van der Waals surface area (Å²) in [5.74, 6) is -1.14. The molecule has 6 nitrogen and oxygen atoms in total. The molecule has 0 fully saturated rings. The summed E-state index contributed by atoms with van der Waals surface area (Å²) >= 11 is 0. The predicted octanol–water partition coefficient (Wildman–Crippen LogP) is 5.70. The highest BCUT2D eigenvalue weighted by molar-refractivity contribution is 7.92. The fourth-order valence-corrected chi connectivity index (χ4v) is 4.86. The number of carbonyl (C=O) groups is 1. The molecule has 0 aliphatic heterocycles. The van der Waals surface area contributed by atoms with Crippen LogP contribution in [0.3, 0.4) is 0 Å². The van der Waals surface area contributed by atoms with E-state index in [-0.39, 0.29) is 16.1 Å². The van der Waals surface area contributed by atoms with Gasteiger partial charge < -0.3 is 10.0 Å². The van der Waals surface area contributed by atoms with Crippen LogP contribution >= 0.6 is 0 Å². The molecule has 0 saturated heterocycles. The first-order chi connectivity index (χ1) is 16.8. The Bertz CT molecular complexity index is 1360. The molecule has 0 aromatic heterocycles. The van der Waals surface area contributed by atoms with Gasteiger partial charge in [-0.2, -0.15) is 0 Å². The highest BCUT2D eigenvalue weighted by Gasteiger charge is 2.20. The Morgan fingerprint density at radius 3 is 1.86 bits per heavy atom. The van der Waals surface area contributed by atoms with Crippen LogP contribution in [-0.2, 0) is 23.1 Å². The van der Waals surface area contributed by atoms with Crippen LogP contribution in [0.25, 0.3) is 0 Å². The molecule has 0 saturated carbocycles. The first kappa shape index (κ1) is 24.0. The molecule has 0 unspecified atom stereocenters. The number of nitrogens with zero attached hydrogens (tertiary/aromatic N) is 1. The lowest BCUT2D eigenvalue weighted by atomic mass is 10.1. The van der Waals surface area contributed by atoms with Gasteiger partial charge in [0.05, 0.1) is 16.1 Å². The summed E-state index contributed by atoms with van der Waals surface area (Å²) in [4.78, 5) is 14.3. The number of hydrogen-bond acceptors (Lipinski definition) is 4. The van der Waals surface area contributed by atoms with E-state index in [0.717, 1.165) is 16.7 Å². The maximum Gasteiger partial charge on any atom is 0.337 e.